The second kappa shape index (κ2) is 2.89. The highest BCUT2D eigenvalue weighted by Crippen LogP contribution is 2.16. The lowest BCUT2D eigenvalue weighted by atomic mass is 10.1. The van der Waals surface area contributed by atoms with Crippen LogP contribution in [0.4, 0.5) is 0 Å². The summed E-state index contributed by atoms with van der Waals surface area (Å²) in [6.45, 7) is 1.88. The van der Waals surface area contributed by atoms with Crippen LogP contribution in [0.3, 0.4) is 0 Å². The molecule has 0 saturated carbocycles. The molecule has 1 atom stereocenters. The molecule has 0 fully saturated rings. The first kappa shape index (κ1) is 7.21. The summed E-state index contributed by atoms with van der Waals surface area (Å²) in [5.74, 6) is 0.803. The topological polar surface area (TPSA) is 50.2 Å². The Bertz CT molecular complexity index is 282. The van der Waals surface area contributed by atoms with Gasteiger partial charge in [-0.3, -0.25) is 0 Å². The van der Waals surface area contributed by atoms with E-state index in [-0.39, 0.29) is 6.04 Å². The second-order valence-corrected chi connectivity index (χ2v) is 2.79. The van der Waals surface area contributed by atoms with E-state index in [1.807, 2.05) is 25.5 Å². The number of rotatable bonds is 1. The number of aryl methyl sites for hydroxylation is 1. The zero-order valence-electron chi connectivity index (χ0n) is 6.86. The lowest BCUT2D eigenvalue weighted by Gasteiger charge is -2.07. The van der Waals surface area contributed by atoms with Crippen molar-refractivity contribution >= 4 is 6.21 Å². The molecule has 62 valence electrons. The monoisotopic (exact) mass is 162 g/mol. The summed E-state index contributed by atoms with van der Waals surface area (Å²) in [4.78, 5) is 8.23. The molecule has 12 heavy (non-hydrogen) atoms. The zero-order chi connectivity index (χ0) is 8.39. The van der Waals surface area contributed by atoms with Crippen LogP contribution in [0, 0.1) is 6.92 Å². The van der Waals surface area contributed by atoms with Crippen LogP contribution in [0.5, 0.6) is 0 Å². The van der Waals surface area contributed by atoms with E-state index >= 15 is 0 Å². The van der Waals surface area contributed by atoms with E-state index in [2.05, 4.69) is 20.5 Å². The van der Waals surface area contributed by atoms with Crippen LogP contribution in [0.15, 0.2) is 17.5 Å². The number of hydrogen-bond acceptors (Lipinski definition) is 4. The van der Waals surface area contributed by atoms with Crippen molar-refractivity contribution in [2.75, 3.05) is 0 Å². The molecule has 1 N–H and O–H groups in total. The molecule has 0 bridgehead atoms. The van der Waals surface area contributed by atoms with E-state index < -0.39 is 0 Å². The highest BCUT2D eigenvalue weighted by atomic mass is 15.3. The summed E-state index contributed by atoms with van der Waals surface area (Å²) in [5, 5.41) is 3.93. The molecule has 0 spiro atoms. The van der Waals surface area contributed by atoms with Crippen molar-refractivity contribution in [3.63, 3.8) is 0 Å². The Kier molecular flexibility index (Phi) is 1.74. The molecule has 0 saturated heterocycles. The standard InChI is InChI=1S/C8H10N4/c1-6-9-4-7(5-10-6)8-2-3-11-12-8/h3-5,8,12H,2H2,1H3. The maximum atomic E-state index is 4.12. The van der Waals surface area contributed by atoms with E-state index in [0.717, 1.165) is 17.8 Å². The maximum absolute atomic E-state index is 4.12. The number of hydrogen-bond donors (Lipinski definition) is 1. The predicted molar refractivity (Wildman–Crippen MR) is 45.8 cm³/mol. The zero-order valence-corrected chi connectivity index (χ0v) is 6.86. The molecule has 0 aliphatic carbocycles. The molecule has 1 aromatic rings. The third kappa shape index (κ3) is 1.28. The Hall–Kier alpha value is -1.45. The van der Waals surface area contributed by atoms with Crippen LogP contribution in [0.25, 0.3) is 0 Å². The fourth-order valence-corrected chi connectivity index (χ4v) is 1.15. The molecule has 1 unspecified atom stereocenters. The van der Waals surface area contributed by atoms with Crippen LogP contribution in [-0.4, -0.2) is 16.2 Å². The molecule has 4 nitrogen and oxygen atoms in total. The molecule has 0 amide bonds. The van der Waals surface area contributed by atoms with Gasteiger partial charge in [0.1, 0.15) is 5.82 Å². The Morgan fingerprint density at radius 3 is 2.75 bits per heavy atom. The summed E-state index contributed by atoms with van der Waals surface area (Å²) < 4.78 is 0. The second-order valence-electron chi connectivity index (χ2n) is 2.79. The van der Waals surface area contributed by atoms with Gasteiger partial charge in [0.2, 0.25) is 0 Å². The van der Waals surface area contributed by atoms with Crippen molar-refractivity contribution in [3.05, 3.63) is 23.8 Å². The van der Waals surface area contributed by atoms with Crippen molar-refractivity contribution in [2.45, 2.75) is 19.4 Å². The first-order valence-corrected chi connectivity index (χ1v) is 3.92. The lowest BCUT2D eigenvalue weighted by Crippen LogP contribution is -2.10. The predicted octanol–water partition coefficient (Wildman–Crippen LogP) is 0.805. The first-order chi connectivity index (χ1) is 5.86. The Balaban J connectivity index is 2.18. The fraction of sp³-hybridized carbons (Fsp3) is 0.375. The molecular formula is C8H10N4. The van der Waals surface area contributed by atoms with E-state index in [1.54, 1.807) is 0 Å². The van der Waals surface area contributed by atoms with Gasteiger partial charge in [0.15, 0.2) is 0 Å². The van der Waals surface area contributed by atoms with Gasteiger partial charge in [-0.2, -0.15) is 5.10 Å². The summed E-state index contributed by atoms with van der Waals surface area (Å²) >= 11 is 0. The van der Waals surface area contributed by atoms with Gasteiger partial charge in [0.25, 0.3) is 0 Å². The van der Waals surface area contributed by atoms with Crippen molar-refractivity contribution in [1.82, 2.24) is 15.4 Å². The van der Waals surface area contributed by atoms with Crippen LogP contribution in [0.1, 0.15) is 23.9 Å². The van der Waals surface area contributed by atoms with Gasteiger partial charge in [-0.05, 0) is 6.92 Å². The van der Waals surface area contributed by atoms with Gasteiger partial charge in [-0.15, -0.1) is 0 Å². The van der Waals surface area contributed by atoms with E-state index in [1.165, 1.54) is 0 Å². The maximum Gasteiger partial charge on any atom is 0.125 e. The summed E-state index contributed by atoms with van der Waals surface area (Å²) in [5.41, 5.74) is 4.08. The molecule has 2 heterocycles. The Morgan fingerprint density at radius 2 is 2.17 bits per heavy atom. The van der Waals surface area contributed by atoms with E-state index in [4.69, 9.17) is 0 Å². The number of aromatic nitrogens is 2. The minimum Gasteiger partial charge on any atom is -0.302 e. The minimum atomic E-state index is 0.269. The summed E-state index contributed by atoms with van der Waals surface area (Å²) in [7, 11) is 0. The van der Waals surface area contributed by atoms with Crippen molar-refractivity contribution in [3.8, 4) is 0 Å². The van der Waals surface area contributed by atoms with Crippen LogP contribution >= 0.6 is 0 Å². The minimum absolute atomic E-state index is 0.269. The lowest BCUT2D eigenvalue weighted by molar-refractivity contribution is 0.614. The number of nitrogens with zero attached hydrogens (tertiary/aromatic N) is 3. The molecular weight excluding hydrogens is 152 g/mol. The smallest absolute Gasteiger partial charge is 0.125 e. The fourth-order valence-electron chi connectivity index (χ4n) is 1.15. The molecule has 4 heteroatoms. The quantitative estimate of drug-likeness (QED) is 0.664. The van der Waals surface area contributed by atoms with Gasteiger partial charge in [-0.1, -0.05) is 0 Å². The normalized spacial score (nSPS) is 20.9. The van der Waals surface area contributed by atoms with Crippen molar-refractivity contribution in [1.29, 1.82) is 0 Å². The molecule has 1 aliphatic heterocycles. The van der Waals surface area contributed by atoms with Gasteiger partial charge in [-0.25, -0.2) is 9.97 Å². The number of hydrazone groups is 1. The summed E-state index contributed by atoms with van der Waals surface area (Å²) in [6, 6.07) is 0.269. The third-order valence-electron chi connectivity index (χ3n) is 1.87. The largest absolute Gasteiger partial charge is 0.302 e. The van der Waals surface area contributed by atoms with Crippen LogP contribution in [0.2, 0.25) is 0 Å². The van der Waals surface area contributed by atoms with Gasteiger partial charge in [0.05, 0.1) is 6.04 Å². The average molecular weight is 162 g/mol. The van der Waals surface area contributed by atoms with E-state index in [0.29, 0.717) is 0 Å². The Labute approximate surface area is 70.7 Å². The molecule has 2 rings (SSSR count). The van der Waals surface area contributed by atoms with Crippen LogP contribution < -0.4 is 5.43 Å². The Morgan fingerprint density at radius 1 is 1.42 bits per heavy atom. The SMILES string of the molecule is Cc1ncc(C2CC=NN2)cn1. The highest BCUT2D eigenvalue weighted by Gasteiger charge is 2.13. The van der Waals surface area contributed by atoms with Gasteiger partial charge < -0.3 is 5.43 Å². The van der Waals surface area contributed by atoms with Crippen molar-refractivity contribution < 1.29 is 0 Å². The first-order valence-electron chi connectivity index (χ1n) is 3.92. The van der Waals surface area contributed by atoms with E-state index in [9.17, 15) is 0 Å². The van der Waals surface area contributed by atoms with Crippen molar-refractivity contribution in [2.24, 2.45) is 5.10 Å². The van der Waals surface area contributed by atoms with Crippen LogP contribution in [-0.2, 0) is 0 Å². The number of nitrogens with one attached hydrogen (secondary N) is 1. The van der Waals surface area contributed by atoms with Gasteiger partial charge in [0, 0.05) is 30.6 Å². The molecule has 1 aliphatic rings. The average Bonchev–Trinajstić information content (AvgIpc) is 2.58. The third-order valence-corrected chi connectivity index (χ3v) is 1.87. The highest BCUT2D eigenvalue weighted by molar-refractivity contribution is 5.60. The molecule has 0 aromatic carbocycles. The molecule has 0 radical (unpaired) electrons. The molecule has 1 aromatic heterocycles. The summed E-state index contributed by atoms with van der Waals surface area (Å²) in [6.07, 6.45) is 6.47. The van der Waals surface area contributed by atoms with Gasteiger partial charge >= 0.3 is 0 Å².